The van der Waals surface area contributed by atoms with Gasteiger partial charge in [0, 0.05) is 78.6 Å². The SMILES string of the molecule is CC1SC2C(C(c3ccc(CCCOC4CCN(C5NCC(C(=O)NC6C(C)(C)C(Oc7ccc(C#N)c(Cl)c7)C6(C)C)CN5)CC4)cc3)=N[C@@H](CC3CCCNC3)C3NN(C4CCCCC4)C(C)N23)C1C. The number of nitrogens with one attached hydrogen (secondary N) is 5. The number of hydrogen-bond acceptors (Lipinski definition) is 13. The Morgan fingerprint density at radius 3 is 2.36 bits per heavy atom. The van der Waals surface area contributed by atoms with Crippen LogP contribution in [0, 0.1) is 45.8 Å². The molecule has 0 radical (unpaired) electrons. The Bertz CT molecular complexity index is 2230. The van der Waals surface area contributed by atoms with Gasteiger partial charge in [0.05, 0.1) is 46.4 Å². The second-order valence-electron chi connectivity index (χ2n) is 24.2. The molecule has 0 aromatic heterocycles. The average Bonchev–Trinajstić information content (AvgIpc) is 3.84. The number of piperidine rings is 2. The third-order valence-electron chi connectivity index (χ3n) is 18.6. The Kier molecular flexibility index (Phi) is 16.4. The van der Waals surface area contributed by atoms with Crippen LogP contribution < -0.4 is 31.4 Å². The highest BCUT2D eigenvalue weighted by atomic mass is 35.5. The molecule has 2 aliphatic carbocycles. The van der Waals surface area contributed by atoms with E-state index < -0.39 is 0 Å². The first-order chi connectivity index (χ1) is 34.7. The van der Waals surface area contributed by atoms with Crippen molar-refractivity contribution in [3.05, 3.63) is 64.2 Å². The molecule has 8 aliphatic rings. The van der Waals surface area contributed by atoms with Gasteiger partial charge < -0.3 is 20.1 Å². The monoisotopic (exact) mass is 1020 g/mol. The highest BCUT2D eigenvalue weighted by Gasteiger charge is 2.64. The number of fused-ring (bicyclic) bond motifs is 3. The molecule has 0 bridgehead atoms. The smallest absolute Gasteiger partial charge is 0.225 e. The fraction of sp³-hybridized carbons (Fsp3) is 0.737. The normalized spacial score (nSPS) is 35.6. The molecule has 72 heavy (non-hydrogen) atoms. The molecule has 5 N–H and O–H groups in total. The number of nitriles is 1. The van der Waals surface area contributed by atoms with Crippen molar-refractivity contribution >= 4 is 35.0 Å². The molecule has 2 aromatic carbocycles. The molecule has 7 fully saturated rings. The van der Waals surface area contributed by atoms with Gasteiger partial charge >= 0.3 is 0 Å². The van der Waals surface area contributed by atoms with Gasteiger partial charge in [-0.05, 0) is 113 Å². The number of likely N-dealkylation sites (tertiary alicyclic amines) is 1. The molecule has 2 saturated carbocycles. The van der Waals surface area contributed by atoms with Gasteiger partial charge in [-0.25, -0.2) is 10.4 Å². The molecular weight excluding hydrogens is 940 g/mol. The Morgan fingerprint density at radius 2 is 1.68 bits per heavy atom. The molecule has 2 aromatic rings. The number of hydrazine groups is 1. The minimum Gasteiger partial charge on any atom is -0.489 e. The molecule has 15 heteroatoms. The first kappa shape index (κ1) is 52.6. The van der Waals surface area contributed by atoms with Crippen molar-refractivity contribution in [3.8, 4) is 11.8 Å². The van der Waals surface area contributed by atoms with E-state index >= 15 is 0 Å². The molecule has 1 amide bonds. The number of ether oxygens (including phenoxy) is 2. The summed E-state index contributed by atoms with van der Waals surface area (Å²) in [6, 6.07) is 17.6. The van der Waals surface area contributed by atoms with Crippen molar-refractivity contribution in [3.63, 3.8) is 0 Å². The summed E-state index contributed by atoms with van der Waals surface area (Å²) in [5, 5.41) is 27.7. The average molecular weight is 1030 g/mol. The van der Waals surface area contributed by atoms with Crippen LogP contribution in [0.2, 0.25) is 5.02 Å². The zero-order valence-corrected chi connectivity index (χ0v) is 45.9. The van der Waals surface area contributed by atoms with Crippen molar-refractivity contribution in [2.75, 3.05) is 45.9 Å². The van der Waals surface area contributed by atoms with E-state index in [1.165, 1.54) is 61.8 Å². The molecular formula is C57H85ClN10O3S. The summed E-state index contributed by atoms with van der Waals surface area (Å²) in [5.74, 6) is 2.13. The third-order valence-corrected chi connectivity index (χ3v) is 20.6. The summed E-state index contributed by atoms with van der Waals surface area (Å²) in [7, 11) is 0. The van der Waals surface area contributed by atoms with Crippen LogP contribution in [0.25, 0.3) is 0 Å². The van der Waals surface area contributed by atoms with Gasteiger partial charge in [0.25, 0.3) is 0 Å². The summed E-state index contributed by atoms with van der Waals surface area (Å²) in [6.45, 7) is 22.2. The highest BCUT2D eigenvalue weighted by molar-refractivity contribution is 8.00. The predicted octanol–water partition coefficient (Wildman–Crippen LogP) is 8.12. The lowest BCUT2D eigenvalue weighted by atomic mass is 9.49. The van der Waals surface area contributed by atoms with E-state index in [1.54, 1.807) is 18.2 Å². The Labute approximate surface area is 440 Å². The largest absolute Gasteiger partial charge is 0.489 e. The van der Waals surface area contributed by atoms with Crippen LogP contribution in [0.1, 0.15) is 136 Å². The summed E-state index contributed by atoms with van der Waals surface area (Å²) in [4.78, 5) is 25.0. The number of nitrogens with zero attached hydrogens (tertiary/aromatic N) is 5. The molecule has 7 unspecified atom stereocenters. The summed E-state index contributed by atoms with van der Waals surface area (Å²) >= 11 is 8.51. The van der Waals surface area contributed by atoms with Gasteiger partial charge in [-0.3, -0.25) is 30.2 Å². The lowest BCUT2D eigenvalue weighted by Gasteiger charge is -2.63. The highest BCUT2D eigenvalue weighted by Crippen LogP contribution is 2.56. The van der Waals surface area contributed by atoms with Crippen molar-refractivity contribution in [1.82, 2.24) is 41.5 Å². The van der Waals surface area contributed by atoms with Crippen LogP contribution >= 0.6 is 23.4 Å². The molecule has 0 spiro atoms. The number of carbonyl (C=O) groups excluding carboxylic acids is 1. The number of benzene rings is 2. The standard InChI is InChI=1S/C57H85ClN10O3S/c1-35-36(2)72-52-48(35)49(63-47(29-39-13-11-25-60-32-39)50-65-68(37(3)67(50)52)43-15-9-8-10-16-43)40-19-17-38(18-20-40)14-12-28-70-44-23-26-66(27-24-44)55-61-33-42(34-62-55)51(69)64-53-56(4,5)54(57(53,6)7)71-45-22-21-41(31-59)46(58)30-45/h17-22,30,35-37,39,42-44,47-48,50,52-55,60-62,65H,8-16,23-29,32-34H2,1-7H3,(H,64,69)/t35?,36?,37?,39?,42?,47-,48?,50?,52?,53?,54?,55?/m0/s1. The number of amides is 1. The molecule has 8 atom stereocenters. The van der Waals surface area contributed by atoms with E-state index in [0.29, 0.717) is 70.0 Å². The quantitative estimate of drug-likeness (QED) is 0.117. The number of aryl methyl sites for hydroxylation is 1. The van der Waals surface area contributed by atoms with Gasteiger partial charge in [-0.15, -0.1) is 11.8 Å². The van der Waals surface area contributed by atoms with Crippen LogP contribution in [0.15, 0.2) is 47.5 Å². The van der Waals surface area contributed by atoms with E-state index in [9.17, 15) is 10.1 Å². The second kappa shape index (κ2) is 22.4. The maximum Gasteiger partial charge on any atom is 0.225 e. The van der Waals surface area contributed by atoms with Crippen LogP contribution in [0.3, 0.4) is 0 Å². The number of rotatable bonds is 14. The number of hydrogen-bond donors (Lipinski definition) is 5. The second-order valence-corrected chi connectivity index (χ2v) is 26.1. The summed E-state index contributed by atoms with van der Waals surface area (Å²) in [5.41, 5.74) is 8.04. The zero-order valence-electron chi connectivity index (χ0n) is 44.3. The number of halogens is 1. The molecule has 5 saturated heterocycles. The Balaban J connectivity index is 0.683. The van der Waals surface area contributed by atoms with Gasteiger partial charge in [0.1, 0.15) is 24.2 Å². The van der Waals surface area contributed by atoms with Crippen molar-refractivity contribution in [2.24, 2.45) is 39.5 Å². The topological polar surface area (TPSA) is 142 Å². The van der Waals surface area contributed by atoms with Crippen LogP contribution in [-0.2, 0) is 16.0 Å². The zero-order chi connectivity index (χ0) is 50.3. The Morgan fingerprint density at radius 1 is 0.944 bits per heavy atom. The minimum absolute atomic E-state index is 0.0505. The fourth-order valence-corrected chi connectivity index (χ4v) is 16.7. The number of thioether (sulfide) groups is 1. The van der Waals surface area contributed by atoms with Gasteiger partial charge in [0.15, 0.2) is 0 Å². The molecule has 13 nitrogen and oxygen atoms in total. The summed E-state index contributed by atoms with van der Waals surface area (Å²) in [6.07, 6.45) is 15.2. The van der Waals surface area contributed by atoms with Gasteiger partial charge in [-0.2, -0.15) is 5.26 Å². The predicted molar refractivity (Wildman–Crippen MR) is 290 cm³/mol. The molecule has 6 aliphatic heterocycles. The summed E-state index contributed by atoms with van der Waals surface area (Å²) < 4.78 is 13.0. The van der Waals surface area contributed by atoms with E-state index in [0.717, 1.165) is 64.9 Å². The minimum atomic E-state index is -0.305. The maximum atomic E-state index is 13.7. The van der Waals surface area contributed by atoms with Crippen LogP contribution in [-0.4, -0.2) is 132 Å². The van der Waals surface area contributed by atoms with E-state index in [-0.39, 0.29) is 59.4 Å². The van der Waals surface area contributed by atoms with E-state index in [1.807, 2.05) is 0 Å². The van der Waals surface area contributed by atoms with Gasteiger partial charge in [0.2, 0.25) is 5.91 Å². The van der Waals surface area contributed by atoms with E-state index in [2.05, 4.69) is 132 Å². The molecule has 394 valence electrons. The van der Waals surface area contributed by atoms with Gasteiger partial charge in [-0.1, -0.05) is 96.7 Å². The first-order valence-corrected chi connectivity index (χ1v) is 29.4. The van der Waals surface area contributed by atoms with Crippen molar-refractivity contribution in [2.45, 2.75) is 185 Å². The molecule has 6 heterocycles. The first-order valence-electron chi connectivity index (χ1n) is 28.1. The third kappa shape index (κ3) is 10.8. The lowest BCUT2D eigenvalue weighted by molar-refractivity contribution is -0.174. The lowest BCUT2D eigenvalue weighted by Crippen LogP contribution is -2.75. The molecule has 10 rings (SSSR count). The Hall–Kier alpha value is -2.81. The number of carbonyl (C=O) groups is 1. The number of aliphatic imine (C=N–C) groups is 1. The van der Waals surface area contributed by atoms with Crippen molar-refractivity contribution < 1.29 is 14.3 Å². The van der Waals surface area contributed by atoms with Crippen LogP contribution in [0.5, 0.6) is 5.75 Å². The maximum absolute atomic E-state index is 13.7. The van der Waals surface area contributed by atoms with E-state index in [4.69, 9.17) is 26.1 Å². The van der Waals surface area contributed by atoms with Crippen molar-refractivity contribution in [1.29, 1.82) is 5.26 Å². The fourth-order valence-electron chi connectivity index (χ4n) is 14.6. The van der Waals surface area contributed by atoms with Crippen LogP contribution in [0.4, 0.5) is 0 Å².